The molecule has 1 aliphatic rings. The quantitative estimate of drug-likeness (QED) is 0.931. The van der Waals surface area contributed by atoms with Crippen LogP contribution in [0.4, 0.5) is 11.6 Å². The first-order valence-electron chi connectivity index (χ1n) is 7.69. The summed E-state index contributed by atoms with van der Waals surface area (Å²) in [6, 6.07) is 8.42. The van der Waals surface area contributed by atoms with Crippen molar-refractivity contribution in [2.24, 2.45) is 5.92 Å². The van der Waals surface area contributed by atoms with Gasteiger partial charge in [0.25, 0.3) is 10.0 Å². The first-order valence-corrected chi connectivity index (χ1v) is 9.18. The lowest BCUT2D eigenvalue weighted by Crippen LogP contribution is -2.34. The molecule has 3 heterocycles. The number of hydrogen-bond acceptors (Lipinski definition) is 5. The Morgan fingerprint density at radius 3 is 2.74 bits per heavy atom. The molecule has 0 radical (unpaired) electrons. The predicted molar refractivity (Wildman–Crippen MR) is 89.9 cm³/mol. The molecule has 7 heteroatoms. The van der Waals surface area contributed by atoms with E-state index in [0.717, 1.165) is 25.3 Å². The molecule has 0 amide bonds. The van der Waals surface area contributed by atoms with Gasteiger partial charge >= 0.3 is 0 Å². The molecule has 1 N–H and O–H groups in total. The summed E-state index contributed by atoms with van der Waals surface area (Å²) in [5.74, 6) is 1.76. The molecular weight excluding hydrogens is 312 g/mol. The van der Waals surface area contributed by atoms with Gasteiger partial charge in [0.15, 0.2) is 0 Å². The summed E-state index contributed by atoms with van der Waals surface area (Å²) >= 11 is 0. The highest BCUT2D eigenvalue weighted by molar-refractivity contribution is 7.92. The van der Waals surface area contributed by atoms with Crippen molar-refractivity contribution in [3.63, 3.8) is 0 Å². The van der Waals surface area contributed by atoms with Crippen LogP contribution in [0.2, 0.25) is 0 Å². The van der Waals surface area contributed by atoms with E-state index in [4.69, 9.17) is 0 Å². The van der Waals surface area contributed by atoms with Crippen LogP contribution in [0, 0.1) is 5.92 Å². The molecule has 0 bridgehead atoms. The summed E-state index contributed by atoms with van der Waals surface area (Å²) in [5, 5.41) is 0. The lowest BCUT2D eigenvalue weighted by Gasteiger charge is -2.31. The van der Waals surface area contributed by atoms with E-state index in [1.807, 2.05) is 0 Å². The van der Waals surface area contributed by atoms with Crippen molar-refractivity contribution in [1.29, 1.82) is 0 Å². The SMILES string of the molecule is C[C@@H]1CCCN(c2ccc(S(=O)(=O)Nc3ccccn3)cn2)C1. The fourth-order valence-electron chi connectivity index (χ4n) is 2.74. The van der Waals surface area contributed by atoms with Gasteiger partial charge in [-0.1, -0.05) is 13.0 Å². The third kappa shape index (κ3) is 3.79. The van der Waals surface area contributed by atoms with E-state index in [9.17, 15) is 8.42 Å². The van der Waals surface area contributed by atoms with Gasteiger partial charge in [0, 0.05) is 25.5 Å². The smallest absolute Gasteiger partial charge is 0.264 e. The number of piperidine rings is 1. The maximum absolute atomic E-state index is 12.3. The fraction of sp³-hybridized carbons (Fsp3) is 0.375. The number of nitrogens with one attached hydrogen (secondary N) is 1. The zero-order chi connectivity index (χ0) is 16.3. The number of aromatic nitrogens is 2. The van der Waals surface area contributed by atoms with Gasteiger partial charge in [-0.3, -0.25) is 4.72 Å². The molecule has 1 fully saturated rings. The number of hydrogen-bond donors (Lipinski definition) is 1. The Labute approximate surface area is 136 Å². The highest BCUT2D eigenvalue weighted by Crippen LogP contribution is 2.22. The lowest BCUT2D eigenvalue weighted by atomic mass is 10.0. The predicted octanol–water partition coefficient (Wildman–Crippen LogP) is 2.51. The van der Waals surface area contributed by atoms with Gasteiger partial charge in [0.1, 0.15) is 16.5 Å². The number of nitrogens with zero attached hydrogens (tertiary/aromatic N) is 3. The monoisotopic (exact) mass is 332 g/mol. The molecule has 2 aromatic heterocycles. The van der Waals surface area contributed by atoms with E-state index in [-0.39, 0.29) is 4.90 Å². The summed E-state index contributed by atoms with van der Waals surface area (Å²) in [6.07, 6.45) is 5.32. The Hall–Kier alpha value is -2.15. The van der Waals surface area contributed by atoms with Crippen molar-refractivity contribution < 1.29 is 8.42 Å². The van der Waals surface area contributed by atoms with E-state index >= 15 is 0 Å². The highest BCUT2D eigenvalue weighted by Gasteiger charge is 2.19. The molecule has 0 aromatic carbocycles. The molecule has 0 aliphatic carbocycles. The van der Waals surface area contributed by atoms with Crippen molar-refractivity contribution in [2.45, 2.75) is 24.7 Å². The van der Waals surface area contributed by atoms with Gasteiger partial charge in [-0.2, -0.15) is 0 Å². The minimum Gasteiger partial charge on any atom is -0.356 e. The first kappa shape index (κ1) is 15.7. The van der Waals surface area contributed by atoms with Gasteiger partial charge in [0.2, 0.25) is 0 Å². The summed E-state index contributed by atoms with van der Waals surface area (Å²) in [4.78, 5) is 10.6. The highest BCUT2D eigenvalue weighted by atomic mass is 32.2. The standard InChI is InChI=1S/C16H20N4O2S/c1-13-5-4-10-20(12-13)16-8-7-14(11-18-16)23(21,22)19-15-6-2-3-9-17-15/h2-3,6-9,11,13H,4-5,10,12H2,1H3,(H,17,19)/t13-/m1/s1. The normalized spacial score (nSPS) is 18.7. The molecule has 1 saturated heterocycles. The zero-order valence-corrected chi connectivity index (χ0v) is 13.8. The molecule has 1 atom stereocenters. The van der Waals surface area contributed by atoms with E-state index in [0.29, 0.717) is 11.7 Å². The van der Waals surface area contributed by atoms with Crippen LogP contribution in [0.25, 0.3) is 0 Å². The second-order valence-corrected chi connectivity index (χ2v) is 7.55. The summed E-state index contributed by atoms with van der Waals surface area (Å²) < 4.78 is 27.1. The minimum absolute atomic E-state index is 0.136. The molecule has 3 rings (SSSR count). The van der Waals surface area contributed by atoms with Crippen molar-refractivity contribution >= 4 is 21.7 Å². The van der Waals surface area contributed by atoms with Crippen molar-refractivity contribution in [2.75, 3.05) is 22.7 Å². The van der Waals surface area contributed by atoms with Gasteiger partial charge in [-0.25, -0.2) is 18.4 Å². The minimum atomic E-state index is -3.67. The van der Waals surface area contributed by atoms with Crippen LogP contribution in [0.5, 0.6) is 0 Å². The van der Waals surface area contributed by atoms with E-state index in [2.05, 4.69) is 26.5 Å². The number of sulfonamides is 1. The first-order chi connectivity index (χ1) is 11.0. The second-order valence-electron chi connectivity index (χ2n) is 5.87. The van der Waals surface area contributed by atoms with Crippen LogP contribution >= 0.6 is 0 Å². The van der Waals surface area contributed by atoms with Crippen molar-refractivity contribution in [3.8, 4) is 0 Å². The van der Waals surface area contributed by atoms with Gasteiger partial charge in [-0.05, 0) is 43.0 Å². The summed E-state index contributed by atoms with van der Waals surface area (Å²) in [7, 11) is -3.67. The molecule has 23 heavy (non-hydrogen) atoms. The maximum Gasteiger partial charge on any atom is 0.264 e. The van der Waals surface area contributed by atoms with Gasteiger partial charge < -0.3 is 4.90 Å². The van der Waals surface area contributed by atoms with E-state index in [1.165, 1.54) is 18.8 Å². The van der Waals surface area contributed by atoms with Crippen LogP contribution in [0.15, 0.2) is 47.6 Å². The molecule has 6 nitrogen and oxygen atoms in total. The Balaban J connectivity index is 1.76. The van der Waals surface area contributed by atoms with E-state index in [1.54, 1.807) is 30.3 Å². The Kier molecular flexibility index (Phi) is 4.47. The molecule has 1 aliphatic heterocycles. The van der Waals surface area contributed by atoms with E-state index < -0.39 is 10.0 Å². The largest absolute Gasteiger partial charge is 0.356 e. The van der Waals surface area contributed by atoms with Crippen LogP contribution in [-0.4, -0.2) is 31.5 Å². The van der Waals surface area contributed by atoms with Crippen LogP contribution in [0.3, 0.4) is 0 Å². The van der Waals surface area contributed by atoms with Gasteiger partial charge in [0.05, 0.1) is 0 Å². The number of pyridine rings is 2. The third-order valence-corrected chi connectivity index (χ3v) is 5.26. The van der Waals surface area contributed by atoms with Crippen LogP contribution in [-0.2, 0) is 10.0 Å². The zero-order valence-electron chi connectivity index (χ0n) is 13.0. The fourth-order valence-corrected chi connectivity index (χ4v) is 3.69. The summed E-state index contributed by atoms with van der Waals surface area (Å²) in [5.41, 5.74) is 0. The average Bonchev–Trinajstić information content (AvgIpc) is 2.55. The Morgan fingerprint density at radius 2 is 2.09 bits per heavy atom. The molecule has 0 spiro atoms. The Morgan fingerprint density at radius 1 is 1.22 bits per heavy atom. The topological polar surface area (TPSA) is 75.2 Å². The van der Waals surface area contributed by atoms with Crippen molar-refractivity contribution in [3.05, 3.63) is 42.7 Å². The second kappa shape index (κ2) is 6.54. The summed E-state index contributed by atoms with van der Waals surface area (Å²) in [6.45, 7) is 4.16. The number of rotatable bonds is 4. The van der Waals surface area contributed by atoms with Gasteiger partial charge in [-0.15, -0.1) is 0 Å². The maximum atomic E-state index is 12.3. The van der Waals surface area contributed by atoms with Crippen LogP contribution in [0.1, 0.15) is 19.8 Å². The average molecular weight is 332 g/mol. The molecule has 0 saturated carbocycles. The lowest BCUT2D eigenvalue weighted by molar-refractivity contribution is 0.444. The van der Waals surface area contributed by atoms with Crippen LogP contribution < -0.4 is 9.62 Å². The van der Waals surface area contributed by atoms with Crippen molar-refractivity contribution in [1.82, 2.24) is 9.97 Å². The molecule has 0 unspecified atom stereocenters. The third-order valence-electron chi connectivity index (χ3n) is 3.92. The molecule has 122 valence electrons. The Bertz CT molecular complexity index is 747. The number of anilines is 2. The molecule has 2 aromatic rings. The molecular formula is C16H20N4O2S.